The highest BCUT2D eigenvalue weighted by molar-refractivity contribution is 4.81. The van der Waals surface area contributed by atoms with Gasteiger partial charge in [0, 0.05) is 5.92 Å². The summed E-state index contributed by atoms with van der Waals surface area (Å²) >= 11 is 0. The topological polar surface area (TPSA) is 23.8 Å². The highest BCUT2D eigenvalue weighted by atomic mass is 14.3. The summed E-state index contributed by atoms with van der Waals surface area (Å²) in [6.07, 6.45) is 10.0. The monoisotopic (exact) mass is 179 g/mol. The van der Waals surface area contributed by atoms with Crippen LogP contribution in [0.25, 0.3) is 0 Å². The maximum absolute atomic E-state index is 8.79. The molecule has 0 aliphatic carbocycles. The van der Waals surface area contributed by atoms with Gasteiger partial charge in [0.2, 0.25) is 0 Å². The van der Waals surface area contributed by atoms with Crippen LogP contribution in [0.1, 0.15) is 51.9 Å². The molecule has 1 nitrogen and oxygen atoms in total. The van der Waals surface area contributed by atoms with E-state index in [1.807, 2.05) is 6.08 Å². The van der Waals surface area contributed by atoms with Crippen molar-refractivity contribution < 1.29 is 0 Å². The summed E-state index contributed by atoms with van der Waals surface area (Å²) in [6, 6.07) is 2.37. The first kappa shape index (κ1) is 12.2. The van der Waals surface area contributed by atoms with Crippen LogP contribution in [0.15, 0.2) is 12.7 Å². The molecule has 0 radical (unpaired) electrons. The van der Waals surface area contributed by atoms with E-state index in [4.69, 9.17) is 5.26 Å². The summed E-state index contributed by atoms with van der Waals surface area (Å²) in [7, 11) is 0. The number of rotatable bonds is 8. The second kappa shape index (κ2) is 9.32. The van der Waals surface area contributed by atoms with Crippen molar-refractivity contribution in [2.24, 2.45) is 5.92 Å². The molecule has 0 spiro atoms. The van der Waals surface area contributed by atoms with E-state index in [0.29, 0.717) is 5.92 Å². The van der Waals surface area contributed by atoms with Gasteiger partial charge in [-0.2, -0.15) is 5.26 Å². The molecule has 0 amide bonds. The van der Waals surface area contributed by atoms with Gasteiger partial charge in [-0.05, 0) is 25.7 Å². The fourth-order valence-electron chi connectivity index (χ4n) is 1.48. The largest absolute Gasteiger partial charge is 0.198 e. The quantitative estimate of drug-likeness (QED) is 0.407. The van der Waals surface area contributed by atoms with Crippen LogP contribution in [0.3, 0.4) is 0 Å². The van der Waals surface area contributed by atoms with Crippen molar-refractivity contribution in [2.45, 2.75) is 51.9 Å². The van der Waals surface area contributed by atoms with Gasteiger partial charge < -0.3 is 0 Å². The fraction of sp³-hybridized carbons (Fsp3) is 0.750. The van der Waals surface area contributed by atoms with Crippen LogP contribution in [0.2, 0.25) is 0 Å². The maximum Gasteiger partial charge on any atom is 0.0655 e. The van der Waals surface area contributed by atoms with Gasteiger partial charge in [0.05, 0.1) is 6.07 Å². The Labute approximate surface area is 82.5 Å². The van der Waals surface area contributed by atoms with Crippen LogP contribution in [-0.2, 0) is 0 Å². The van der Waals surface area contributed by atoms with E-state index in [0.717, 1.165) is 25.7 Å². The Bertz CT molecular complexity index is 155. The number of nitriles is 1. The predicted molar refractivity (Wildman–Crippen MR) is 57.3 cm³/mol. The molecule has 0 bridgehead atoms. The van der Waals surface area contributed by atoms with E-state index < -0.39 is 0 Å². The zero-order valence-electron chi connectivity index (χ0n) is 8.76. The van der Waals surface area contributed by atoms with Crippen molar-refractivity contribution in [3.05, 3.63) is 12.7 Å². The Morgan fingerprint density at radius 3 is 2.62 bits per heavy atom. The second-order valence-corrected chi connectivity index (χ2v) is 3.54. The van der Waals surface area contributed by atoms with Crippen molar-refractivity contribution in [3.63, 3.8) is 0 Å². The highest BCUT2D eigenvalue weighted by Crippen LogP contribution is 2.14. The molecule has 1 heteroatoms. The third-order valence-electron chi connectivity index (χ3n) is 2.28. The van der Waals surface area contributed by atoms with Gasteiger partial charge >= 0.3 is 0 Å². The van der Waals surface area contributed by atoms with Gasteiger partial charge in [-0.25, -0.2) is 0 Å². The average Bonchev–Trinajstić information content (AvgIpc) is 2.16. The lowest BCUT2D eigenvalue weighted by molar-refractivity contribution is 0.507. The third kappa shape index (κ3) is 7.59. The van der Waals surface area contributed by atoms with E-state index in [1.54, 1.807) is 0 Å². The predicted octanol–water partition coefficient (Wildman–Crippen LogP) is 4.06. The Hall–Kier alpha value is -0.770. The Kier molecular flexibility index (Phi) is 8.77. The molecular formula is C12H21N. The molecule has 0 aromatic heterocycles. The van der Waals surface area contributed by atoms with Crippen LogP contribution in [0.5, 0.6) is 0 Å². The minimum atomic E-state index is 0.300. The molecule has 0 rings (SSSR count). The van der Waals surface area contributed by atoms with Crippen molar-refractivity contribution in [2.75, 3.05) is 0 Å². The Balaban J connectivity index is 3.28. The Morgan fingerprint density at radius 2 is 2.08 bits per heavy atom. The van der Waals surface area contributed by atoms with E-state index in [1.165, 1.54) is 19.3 Å². The second-order valence-electron chi connectivity index (χ2n) is 3.54. The van der Waals surface area contributed by atoms with Crippen LogP contribution < -0.4 is 0 Å². The SMILES string of the molecule is C=CCCCCCC(C#N)CCC. The highest BCUT2D eigenvalue weighted by Gasteiger charge is 2.04. The lowest BCUT2D eigenvalue weighted by Gasteiger charge is -2.05. The minimum Gasteiger partial charge on any atom is -0.198 e. The number of hydrogen-bond donors (Lipinski definition) is 0. The van der Waals surface area contributed by atoms with Crippen molar-refractivity contribution >= 4 is 0 Å². The smallest absolute Gasteiger partial charge is 0.0655 e. The van der Waals surface area contributed by atoms with Crippen LogP contribution in [0.4, 0.5) is 0 Å². The van der Waals surface area contributed by atoms with Gasteiger partial charge in [-0.15, -0.1) is 6.58 Å². The molecule has 1 unspecified atom stereocenters. The number of hydrogen-bond acceptors (Lipinski definition) is 1. The molecule has 0 aliphatic heterocycles. The molecule has 0 saturated carbocycles. The van der Waals surface area contributed by atoms with Crippen LogP contribution in [-0.4, -0.2) is 0 Å². The molecule has 0 heterocycles. The molecule has 0 N–H and O–H groups in total. The van der Waals surface area contributed by atoms with Gasteiger partial charge in [-0.3, -0.25) is 0 Å². The molecule has 0 saturated heterocycles. The molecule has 0 aliphatic rings. The normalized spacial score (nSPS) is 12.0. The molecule has 0 aromatic carbocycles. The van der Waals surface area contributed by atoms with Crippen LogP contribution >= 0.6 is 0 Å². The number of unbranched alkanes of at least 4 members (excludes halogenated alkanes) is 3. The molecule has 74 valence electrons. The third-order valence-corrected chi connectivity index (χ3v) is 2.28. The fourth-order valence-corrected chi connectivity index (χ4v) is 1.48. The average molecular weight is 179 g/mol. The van der Waals surface area contributed by atoms with Gasteiger partial charge in [0.1, 0.15) is 0 Å². The molecule has 0 aromatic rings. The first-order valence-corrected chi connectivity index (χ1v) is 5.35. The standard InChI is InChI=1S/C12H21N/c1-3-5-6-7-8-10-12(11-13)9-4-2/h3,12H,1,4-10H2,2H3. The first-order chi connectivity index (χ1) is 6.35. The van der Waals surface area contributed by atoms with E-state index in [2.05, 4.69) is 19.6 Å². The lowest BCUT2D eigenvalue weighted by Crippen LogP contribution is -1.95. The summed E-state index contributed by atoms with van der Waals surface area (Å²) in [4.78, 5) is 0. The summed E-state index contributed by atoms with van der Waals surface area (Å²) in [6.45, 7) is 5.83. The summed E-state index contributed by atoms with van der Waals surface area (Å²) < 4.78 is 0. The van der Waals surface area contributed by atoms with Gasteiger partial charge in [0.15, 0.2) is 0 Å². The van der Waals surface area contributed by atoms with E-state index >= 15 is 0 Å². The summed E-state index contributed by atoms with van der Waals surface area (Å²) in [5.74, 6) is 0.300. The summed E-state index contributed by atoms with van der Waals surface area (Å²) in [5.41, 5.74) is 0. The molecular weight excluding hydrogens is 158 g/mol. The molecule has 0 fully saturated rings. The van der Waals surface area contributed by atoms with E-state index in [-0.39, 0.29) is 0 Å². The van der Waals surface area contributed by atoms with Gasteiger partial charge in [0.25, 0.3) is 0 Å². The van der Waals surface area contributed by atoms with Gasteiger partial charge in [-0.1, -0.05) is 32.3 Å². The minimum absolute atomic E-state index is 0.300. The van der Waals surface area contributed by atoms with E-state index in [9.17, 15) is 0 Å². The van der Waals surface area contributed by atoms with Crippen molar-refractivity contribution in [3.8, 4) is 6.07 Å². The molecule has 1 atom stereocenters. The zero-order valence-corrected chi connectivity index (χ0v) is 8.76. The maximum atomic E-state index is 8.79. The van der Waals surface area contributed by atoms with Crippen LogP contribution in [0, 0.1) is 17.2 Å². The lowest BCUT2D eigenvalue weighted by atomic mass is 9.98. The first-order valence-electron chi connectivity index (χ1n) is 5.35. The molecule has 13 heavy (non-hydrogen) atoms. The van der Waals surface area contributed by atoms with Crippen molar-refractivity contribution in [1.82, 2.24) is 0 Å². The van der Waals surface area contributed by atoms with Crippen molar-refractivity contribution in [1.29, 1.82) is 5.26 Å². The Morgan fingerprint density at radius 1 is 1.31 bits per heavy atom. The zero-order chi connectivity index (χ0) is 9.94. The number of nitrogens with zero attached hydrogens (tertiary/aromatic N) is 1. The summed E-state index contributed by atoms with van der Waals surface area (Å²) in [5, 5.41) is 8.79. The number of allylic oxidation sites excluding steroid dienone is 1.